The summed E-state index contributed by atoms with van der Waals surface area (Å²) >= 11 is 1.62. The van der Waals surface area contributed by atoms with Gasteiger partial charge in [0.1, 0.15) is 17.2 Å². The molecular weight excluding hydrogens is 252 g/mol. The van der Waals surface area contributed by atoms with Gasteiger partial charge in [-0.2, -0.15) is 0 Å². The fourth-order valence-corrected chi connectivity index (χ4v) is 3.27. The van der Waals surface area contributed by atoms with E-state index in [-0.39, 0.29) is 18.1 Å². The third kappa shape index (κ3) is 2.28. The van der Waals surface area contributed by atoms with E-state index in [1.165, 1.54) is 0 Å². The van der Waals surface area contributed by atoms with Gasteiger partial charge in [-0.05, 0) is 6.92 Å². The van der Waals surface area contributed by atoms with Gasteiger partial charge in [-0.3, -0.25) is 9.69 Å². The molecule has 98 valence electrons. The number of rotatable bonds is 2. The predicted octanol–water partition coefficient (Wildman–Crippen LogP) is 1.14. The molecule has 3 rings (SSSR count). The van der Waals surface area contributed by atoms with Crippen molar-refractivity contribution >= 4 is 17.3 Å². The first-order valence-electron chi connectivity index (χ1n) is 6.18. The third-order valence-corrected chi connectivity index (χ3v) is 4.41. The second-order valence-electron chi connectivity index (χ2n) is 4.65. The molecule has 0 bridgehead atoms. The Morgan fingerprint density at radius 2 is 2.39 bits per heavy atom. The summed E-state index contributed by atoms with van der Waals surface area (Å²) in [6.45, 7) is 4.69. The second kappa shape index (κ2) is 4.95. The molecule has 0 spiro atoms. The number of ether oxygens (including phenoxy) is 2. The van der Waals surface area contributed by atoms with Gasteiger partial charge in [0, 0.05) is 30.6 Å². The van der Waals surface area contributed by atoms with Gasteiger partial charge >= 0.3 is 5.97 Å². The molecule has 0 aliphatic carbocycles. The Morgan fingerprint density at radius 1 is 1.50 bits per heavy atom. The minimum atomic E-state index is -0.0917. The first kappa shape index (κ1) is 12.1. The fourth-order valence-electron chi connectivity index (χ4n) is 2.44. The number of hydrogen-bond acceptors (Lipinski definition) is 6. The van der Waals surface area contributed by atoms with Crippen LogP contribution >= 0.6 is 11.3 Å². The summed E-state index contributed by atoms with van der Waals surface area (Å²) in [7, 11) is 0. The molecule has 2 aliphatic rings. The number of morpholine rings is 1. The zero-order valence-electron chi connectivity index (χ0n) is 10.3. The lowest BCUT2D eigenvalue weighted by Gasteiger charge is -2.34. The van der Waals surface area contributed by atoms with Crippen molar-refractivity contribution in [2.45, 2.75) is 25.5 Å². The highest BCUT2D eigenvalue weighted by Gasteiger charge is 2.36. The molecule has 2 aliphatic heterocycles. The van der Waals surface area contributed by atoms with Crippen molar-refractivity contribution in [2.75, 3.05) is 26.3 Å². The minimum Gasteiger partial charge on any atom is -0.464 e. The summed E-state index contributed by atoms with van der Waals surface area (Å²) in [6.07, 6.45) is 0.786. The number of thiazole rings is 1. The lowest BCUT2D eigenvalue weighted by Crippen LogP contribution is -2.46. The second-order valence-corrected chi connectivity index (χ2v) is 5.54. The van der Waals surface area contributed by atoms with Gasteiger partial charge in [0.15, 0.2) is 0 Å². The maximum atomic E-state index is 11.6. The van der Waals surface area contributed by atoms with E-state index >= 15 is 0 Å². The molecule has 0 radical (unpaired) electrons. The summed E-state index contributed by atoms with van der Waals surface area (Å²) in [5, 5.41) is 3.03. The molecule has 2 saturated heterocycles. The quantitative estimate of drug-likeness (QED) is 0.753. The molecule has 3 heterocycles. The van der Waals surface area contributed by atoms with Crippen LogP contribution in [0.2, 0.25) is 0 Å². The highest BCUT2D eigenvalue weighted by molar-refractivity contribution is 7.09. The molecule has 5 nitrogen and oxygen atoms in total. The zero-order valence-corrected chi connectivity index (χ0v) is 11.1. The number of hydrogen-bond donors (Lipinski definition) is 0. The fraction of sp³-hybridized carbons (Fsp3) is 0.667. The van der Waals surface area contributed by atoms with Crippen LogP contribution in [0.3, 0.4) is 0 Å². The smallest absolute Gasteiger partial charge is 0.323 e. The molecule has 1 aromatic rings. The van der Waals surface area contributed by atoms with E-state index in [0.717, 1.165) is 30.2 Å². The largest absolute Gasteiger partial charge is 0.464 e. The highest BCUT2D eigenvalue weighted by atomic mass is 32.1. The molecule has 0 aromatic carbocycles. The molecule has 1 aromatic heterocycles. The van der Waals surface area contributed by atoms with Crippen molar-refractivity contribution in [1.82, 2.24) is 9.88 Å². The van der Waals surface area contributed by atoms with Crippen LogP contribution < -0.4 is 0 Å². The van der Waals surface area contributed by atoms with Crippen LogP contribution in [0.15, 0.2) is 5.38 Å². The van der Waals surface area contributed by atoms with Crippen LogP contribution in [0.1, 0.15) is 23.2 Å². The van der Waals surface area contributed by atoms with Crippen LogP contribution in [0.4, 0.5) is 0 Å². The van der Waals surface area contributed by atoms with E-state index < -0.39 is 0 Å². The normalized spacial score (nSPS) is 29.5. The molecular formula is C12H16N2O3S. The number of esters is 1. The van der Waals surface area contributed by atoms with E-state index in [1.54, 1.807) is 11.3 Å². The summed E-state index contributed by atoms with van der Waals surface area (Å²) in [5.74, 6) is -0.0917. The van der Waals surface area contributed by atoms with Crippen molar-refractivity contribution < 1.29 is 14.3 Å². The van der Waals surface area contributed by atoms with E-state index in [2.05, 4.69) is 9.88 Å². The summed E-state index contributed by atoms with van der Waals surface area (Å²) < 4.78 is 10.8. The summed E-state index contributed by atoms with van der Waals surface area (Å²) in [6, 6.07) is -0.0857. The Labute approximate surface area is 110 Å². The Balaban J connectivity index is 1.70. The van der Waals surface area contributed by atoms with Crippen LogP contribution in [0.5, 0.6) is 0 Å². The zero-order chi connectivity index (χ0) is 12.5. The summed E-state index contributed by atoms with van der Waals surface area (Å²) in [4.78, 5) is 18.2. The number of cyclic esters (lactones) is 1. The Bertz CT molecular complexity index is 448. The number of carbonyl (C=O) groups excluding carboxylic acids is 1. The standard InChI is InChI=1S/C12H16N2O3S/c1-8-7-18-11(13-8)10-6-14(3-5-16-10)9-2-4-17-12(9)15/h7,9-10H,2-6H2,1H3. The Morgan fingerprint density at radius 3 is 3.06 bits per heavy atom. The maximum absolute atomic E-state index is 11.6. The summed E-state index contributed by atoms with van der Waals surface area (Å²) in [5.41, 5.74) is 1.02. The Kier molecular flexibility index (Phi) is 3.32. The van der Waals surface area contributed by atoms with Gasteiger partial charge in [-0.15, -0.1) is 11.3 Å². The van der Waals surface area contributed by atoms with Crippen molar-refractivity contribution in [1.29, 1.82) is 0 Å². The molecule has 0 N–H and O–H groups in total. The van der Waals surface area contributed by atoms with Gasteiger partial charge in [-0.25, -0.2) is 4.98 Å². The maximum Gasteiger partial charge on any atom is 0.323 e. The molecule has 2 fully saturated rings. The van der Waals surface area contributed by atoms with Gasteiger partial charge in [0.05, 0.1) is 13.2 Å². The van der Waals surface area contributed by atoms with E-state index in [0.29, 0.717) is 13.2 Å². The SMILES string of the molecule is Cc1csc(C2CN(C3CCOC3=O)CCO2)n1. The monoisotopic (exact) mass is 268 g/mol. The first-order chi connectivity index (χ1) is 8.74. The number of aromatic nitrogens is 1. The molecule has 6 heteroatoms. The highest BCUT2D eigenvalue weighted by Crippen LogP contribution is 2.27. The van der Waals surface area contributed by atoms with E-state index in [9.17, 15) is 4.79 Å². The molecule has 0 saturated carbocycles. The lowest BCUT2D eigenvalue weighted by atomic mass is 10.1. The van der Waals surface area contributed by atoms with Crippen molar-refractivity contribution in [3.05, 3.63) is 16.1 Å². The molecule has 0 amide bonds. The predicted molar refractivity (Wildman–Crippen MR) is 66.5 cm³/mol. The molecule has 18 heavy (non-hydrogen) atoms. The number of carbonyl (C=O) groups is 1. The van der Waals surface area contributed by atoms with Crippen LogP contribution in [0.25, 0.3) is 0 Å². The molecule has 2 unspecified atom stereocenters. The average Bonchev–Trinajstić information content (AvgIpc) is 2.98. The van der Waals surface area contributed by atoms with E-state index in [1.807, 2.05) is 12.3 Å². The lowest BCUT2D eigenvalue weighted by molar-refractivity contribution is -0.144. The van der Waals surface area contributed by atoms with Crippen molar-refractivity contribution in [2.24, 2.45) is 0 Å². The van der Waals surface area contributed by atoms with E-state index in [4.69, 9.17) is 9.47 Å². The molecule has 2 atom stereocenters. The minimum absolute atomic E-state index is 0.00847. The van der Waals surface area contributed by atoms with Crippen LogP contribution in [-0.4, -0.2) is 48.2 Å². The van der Waals surface area contributed by atoms with Crippen LogP contribution in [-0.2, 0) is 14.3 Å². The topological polar surface area (TPSA) is 51.7 Å². The van der Waals surface area contributed by atoms with Gasteiger partial charge in [0.25, 0.3) is 0 Å². The van der Waals surface area contributed by atoms with Gasteiger partial charge in [0.2, 0.25) is 0 Å². The third-order valence-electron chi connectivity index (χ3n) is 3.36. The first-order valence-corrected chi connectivity index (χ1v) is 7.06. The average molecular weight is 268 g/mol. The van der Waals surface area contributed by atoms with Crippen LogP contribution in [0, 0.1) is 6.92 Å². The van der Waals surface area contributed by atoms with Gasteiger partial charge in [-0.1, -0.05) is 0 Å². The van der Waals surface area contributed by atoms with Gasteiger partial charge < -0.3 is 9.47 Å². The Hall–Kier alpha value is -0.980. The van der Waals surface area contributed by atoms with Crippen molar-refractivity contribution in [3.8, 4) is 0 Å². The number of nitrogens with zero attached hydrogens (tertiary/aromatic N) is 2. The number of aryl methyl sites for hydroxylation is 1. The van der Waals surface area contributed by atoms with Crippen molar-refractivity contribution in [3.63, 3.8) is 0 Å².